The number of nitrogens with zero attached hydrogens (tertiary/aromatic N) is 1. The van der Waals surface area contributed by atoms with E-state index in [9.17, 15) is 0 Å². The van der Waals surface area contributed by atoms with Crippen LogP contribution in [-0.4, -0.2) is 24.0 Å². The minimum absolute atomic E-state index is 0.412. The predicted molar refractivity (Wildman–Crippen MR) is 68.6 cm³/mol. The number of nitrogens with two attached hydrogens (primary N) is 1. The summed E-state index contributed by atoms with van der Waals surface area (Å²) in [5.41, 5.74) is 7.09. The maximum atomic E-state index is 6.02. The van der Waals surface area contributed by atoms with Gasteiger partial charge in [-0.05, 0) is 44.0 Å². The molecule has 2 rings (SSSR count). The van der Waals surface area contributed by atoms with Crippen LogP contribution in [0.4, 0.5) is 0 Å². The van der Waals surface area contributed by atoms with E-state index in [1.807, 2.05) is 12.1 Å². The fourth-order valence-electron chi connectivity index (χ4n) is 2.58. The quantitative estimate of drug-likeness (QED) is 0.878. The van der Waals surface area contributed by atoms with Gasteiger partial charge in [-0.15, -0.1) is 0 Å². The lowest BCUT2D eigenvalue weighted by molar-refractivity contribution is 0.197. The number of hydrogen-bond acceptors (Lipinski definition) is 2. The summed E-state index contributed by atoms with van der Waals surface area (Å²) in [4.78, 5) is 2.49. The highest BCUT2D eigenvalue weighted by atomic mass is 35.5. The second-order valence-corrected chi connectivity index (χ2v) is 4.94. The van der Waals surface area contributed by atoms with Crippen molar-refractivity contribution >= 4 is 11.6 Å². The van der Waals surface area contributed by atoms with Crippen molar-refractivity contribution < 1.29 is 0 Å². The minimum atomic E-state index is 0.412. The first-order valence-corrected chi connectivity index (χ1v) is 6.31. The molecule has 2 N–H and O–H groups in total. The molecule has 1 fully saturated rings. The molecule has 1 aliphatic heterocycles. The summed E-state index contributed by atoms with van der Waals surface area (Å²) in [6.07, 6.45) is 2.48. The molecule has 2 unspecified atom stereocenters. The largest absolute Gasteiger partial charge is 0.329 e. The standard InChI is InChI=1S/C13H19ClN2/c1-10(11-4-2-5-12(14)8-11)16-7-3-6-13(16)9-15/h2,4-5,8,10,13H,3,6-7,9,15H2,1H3. The van der Waals surface area contributed by atoms with Crippen LogP contribution in [0.25, 0.3) is 0 Å². The summed E-state index contributed by atoms with van der Waals surface area (Å²) in [7, 11) is 0. The molecule has 3 heteroatoms. The Labute approximate surface area is 102 Å². The summed E-state index contributed by atoms with van der Waals surface area (Å²) >= 11 is 6.02. The van der Waals surface area contributed by atoms with E-state index in [0.717, 1.165) is 18.1 Å². The van der Waals surface area contributed by atoms with Gasteiger partial charge in [0.05, 0.1) is 0 Å². The highest BCUT2D eigenvalue weighted by Gasteiger charge is 2.27. The van der Waals surface area contributed by atoms with Crippen molar-refractivity contribution in [2.75, 3.05) is 13.1 Å². The monoisotopic (exact) mass is 238 g/mol. The Bertz CT molecular complexity index is 354. The lowest BCUT2D eigenvalue weighted by Crippen LogP contribution is -2.37. The van der Waals surface area contributed by atoms with E-state index < -0.39 is 0 Å². The molecule has 0 bridgehead atoms. The molecule has 0 aliphatic carbocycles. The molecule has 0 aromatic heterocycles. The maximum Gasteiger partial charge on any atom is 0.0409 e. The van der Waals surface area contributed by atoms with Crippen LogP contribution in [0.1, 0.15) is 31.4 Å². The zero-order valence-electron chi connectivity index (χ0n) is 9.70. The third kappa shape index (κ3) is 2.40. The highest BCUT2D eigenvalue weighted by Crippen LogP contribution is 2.29. The lowest BCUT2D eigenvalue weighted by Gasteiger charge is -2.30. The Balaban J connectivity index is 2.15. The van der Waals surface area contributed by atoms with Gasteiger partial charge in [0.15, 0.2) is 0 Å². The van der Waals surface area contributed by atoms with E-state index in [0.29, 0.717) is 12.1 Å². The van der Waals surface area contributed by atoms with E-state index in [-0.39, 0.29) is 0 Å². The van der Waals surface area contributed by atoms with Crippen LogP contribution >= 0.6 is 11.6 Å². The van der Waals surface area contributed by atoms with Crippen LogP contribution < -0.4 is 5.73 Å². The van der Waals surface area contributed by atoms with Crippen LogP contribution in [0.2, 0.25) is 5.02 Å². The third-order valence-electron chi connectivity index (χ3n) is 3.52. The molecule has 2 nitrogen and oxygen atoms in total. The second kappa shape index (κ2) is 5.17. The Morgan fingerprint density at radius 3 is 3.06 bits per heavy atom. The zero-order chi connectivity index (χ0) is 11.5. The van der Waals surface area contributed by atoms with Crippen molar-refractivity contribution in [1.82, 2.24) is 4.90 Å². The fourth-order valence-corrected chi connectivity index (χ4v) is 2.78. The number of hydrogen-bond donors (Lipinski definition) is 1. The average Bonchev–Trinajstić information content (AvgIpc) is 2.76. The summed E-state index contributed by atoms with van der Waals surface area (Å²) in [6, 6.07) is 9.08. The molecule has 1 aromatic carbocycles. The van der Waals surface area contributed by atoms with Crippen LogP contribution in [-0.2, 0) is 0 Å². The average molecular weight is 239 g/mol. The van der Waals surface area contributed by atoms with Crippen LogP contribution in [0, 0.1) is 0 Å². The molecule has 0 radical (unpaired) electrons. The molecule has 2 atom stereocenters. The summed E-state index contributed by atoms with van der Waals surface area (Å²) in [5.74, 6) is 0. The second-order valence-electron chi connectivity index (χ2n) is 4.50. The van der Waals surface area contributed by atoms with Gasteiger partial charge in [0.25, 0.3) is 0 Å². The predicted octanol–water partition coefficient (Wildman–Crippen LogP) is 2.82. The zero-order valence-corrected chi connectivity index (χ0v) is 10.5. The molecule has 1 aliphatic rings. The van der Waals surface area contributed by atoms with Gasteiger partial charge in [-0.1, -0.05) is 23.7 Å². The number of rotatable bonds is 3. The molecule has 1 aromatic rings. The first-order chi connectivity index (χ1) is 7.72. The van der Waals surface area contributed by atoms with E-state index in [1.165, 1.54) is 18.4 Å². The van der Waals surface area contributed by atoms with Gasteiger partial charge in [0, 0.05) is 23.7 Å². The van der Waals surface area contributed by atoms with Gasteiger partial charge in [0.1, 0.15) is 0 Å². The maximum absolute atomic E-state index is 6.02. The van der Waals surface area contributed by atoms with Gasteiger partial charge < -0.3 is 5.73 Å². The third-order valence-corrected chi connectivity index (χ3v) is 3.76. The highest BCUT2D eigenvalue weighted by molar-refractivity contribution is 6.30. The number of likely N-dealkylation sites (tertiary alicyclic amines) is 1. The molecular formula is C13H19ClN2. The topological polar surface area (TPSA) is 29.3 Å². The lowest BCUT2D eigenvalue weighted by atomic mass is 10.1. The summed E-state index contributed by atoms with van der Waals surface area (Å²) in [5, 5.41) is 0.813. The molecule has 0 spiro atoms. The molecule has 16 heavy (non-hydrogen) atoms. The van der Waals surface area contributed by atoms with Crippen molar-refractivity contribution in [3.63, 3.8) is 0 Å². The minimum Gasteiger partial charge on any atom is -0.329 e. The Morgan fingerprint density at radius 2 is 2.38 bits per heavy atom. The van der Waals surface area contributed by atoms with Gasteiger partial charge in [-0.3, -0.25) is 4.90 Å². The summed E-state index contributed by atoms with van der Waals surface area (Å²) < 4.78 is 0. The Hall–Kier alpha value is -0.570. The summed E-state index contributed by atoms with van der Waals surface area (Å²) in [6.45, 7) is 4.14. The van der Waals surface area contributed by atoms with Crippen molar-refractivity contribution in [1.29, 1.82) is 0 Å². The van der Waals surface area contributed by atoms with Crippen molar-refractivity contribution in [2.45, 2.75) is 31.8 Å². The molecular weight excluding hydrogens is 220 g/mol. The van der Waals surface area contributed by atoms with Crippen molar-refractivity contribution in [3.8, 4) is 0 Å². The molecule has 1 saturated heterocycles. The number of benzene rings is 1. The van der Waals surface area contributed by atoms with Crippen LogP contribution in [0.15, 0.2) is 24.3 Å². The van der Waals surface area contributed by atoms with E-state index in [1.54, 1.807) is 0 Å². The Kier molecular flexibility index (Phi) is 3.85. The van der Waals surface area contributed by atoms with Crippen molar-refractivity contribution in [3.05, 3.63) is 34.9 Å². The molecule has 1 heterocycles. The van der Waals surface area contributed by atoms with Gasteiger partial charge in [0.2, 0.25) is 0 Å². The SMILES string of the molecule is CC(c1cccc(Cl)c1)N1CCCC1CN. The normalized spacial score (nSPS) is 23.6. The van der Waals surface area contributed by atoms with E-state index in [4.69, 9.17) is 17.3 Å². The van der Waals surface area contributed by atoms with E-state index >= 15 is 0 Å². The first-order valence-electron chi connectivity index (χ1n) is 5.93. The first kappa shape index (κ1) is 11.9. The van der Waals surface area contributed by atoms with Gasteiger partial charge >= 0.3 is 0 Å². The van der Waals surface area contributed by atoms with Crippen LogP contribution in [0.5, 0.6) is 0 Å². The molecule has 0 amide bonds. The Morgan fingerprint density at radius 1 is 1.56 bits per heavy atom. The van der Waals surface area contributed by atoms with Gasteiger partial charge in [-0.2, -0.15) is 0 Å². The number of halogens is 1. The fraction of sp³-hybridized carbons (Fsp3) is 0.538. The van der Waals surface area contributed by atoms with E-state index in [2.05, 4.69) is 24.0 Å². The molecule has 88 valence electrons. The smallest absolute Gasteiger partial charge is 0.0409 e. The van der Waals surface area contributed by atoms with Gasteiger partial charge in [-0.25, -0.2) is 0 Å². The van der Waals surface area contributed by atoms with Crippen molar-refractivity contribution in [2.24, 2.45) is 5.73 Å². The van der Waals surface area contributed by atoms with Crippen LogP contribution in [0.3, 0.4) is 0 Å². The molecule has 0 saturated carbocycles.